The minimum absolute atomic E-state index is 0.170. The molecule has 0 saturated heterocycles. The summed E-state index contributed by atoms with van der Waals surface area (Å²) in [6, 6.07) is 17.1. The molecule has 1 heterocycles. The molecule has 0 radical (unpaired) electrons. The Hall–Kier alpha value is -2.19. The maximum atomic E-state index is 4.59. The van der Waals surface area contributed by atoms with Crippen molar-refractivity contribution in [3.05, 3.63) is 77.0 Å². The van der Waals surface area contributed by atoms with Crippen molar-refractivity contribution in [3.63, 3.8) is 0 Å². The van der Waals surface area contributed by atoms with E-state index in [9.17, 15) is 0 Å². The molecule has 0 bridgehead atoms. The molecule has 0 fully saturated rings. The Bertz CT molecular complexity index is 757. The van der Waals surface area contributed by atoms with E-state index >= 15 is 0 Å². The molecule has 1 unspecified atom stereocenters. The van der Waals surface area contributed by atoms with Gasteiger partial charge in [0.05, 0.1) is 11.6 Å². The van der Waals surface area contributed by atoms with Gasteiger partial charge in [-0.05, 0) is 55.3 Å². The predicted molar refractivity (Wildman–Crippen MR) is 88.6 cm³/mol. The third-order valence-corrected chi connectivity index (χ3v) is 4.06. The number of nitrogens with one attached hydrogen (secondary N) is 1. The highest BCUT2D eigenvalue weighted by atomic mass is 14.9. The number of aryl methyl sites for hydroxylation is 2. The van der Waals surface area contributed by atoms with Gasteiger partial charge in [-0.3, -0.25) is 4.98 Å². The number of para-hydroxylation sites is 1. The van der Waals surface area contributed by atoms with Crippen LogP contribution in [-0.4, -0.2) is 12.0 Å². The number of rotatable bonds is 3. The fraction of sp³-hybridized carbons (Fsp3) is 0.211. The van der Waals surface area contributed by atoms with Crippen LogP contribution in [0.1, 0.15) is 28.3 Å². The van der Waals surface area contributed by atoms with Crippen molar-refractivity contribution >= 4 is 10.9 Å². The highest BCUT2D eigenvalue weighted by molar-refractivity contribution is 5.79. The first-order valence-corrected chi connectivity index (χ1v) is 7.29. The van der Waals surface area contributed by atoms with Crippen molar-refractivity contribution in [3.8, 4) is 0 Å². The molecule has 0 spiro atoms. The fourth-order valence-corrected chi connectivity index (χ4v) is 3.01. The van der Waals surface area contributed by atoms with E-state index in [4.69, 9.17) is 0 Å². The van der Waals surface area contributed by atoms with E-state index in [1.807, 2.05) is 25.4 Å². The summed E-state index contributed by atoms with van der Waals surface area (Å²) < 4.78 is 0. The van der Waals surface area contributed by atoms with E-state index in [2.05, 4.69) is 60.5 Å². The van der Waals surface area contributed by atoms with E-state index in [1.165, 1.54) is 27.6 Å². The van der Waals surface area contributed by atoms with Gasteiger partial charge in [0, 0.05) is 11.6 Å². The quantitative estimate of drug-likeness (QED) is 0.777. The third kappa shape index (κ3) is 2.55. The minimum atomic E-state index is 0.170. The molecule has 2 aromatic carbocycles. The van der Waals surface area contributed by atoms with Crippen molar-refractivity contribution in [2.24, 2.45) is 0 Å². The third-order valence-electron chi connectivity index (χ3n) is 4.06. The maximum absolute atomic E-state index is 4.59. The second-order valence-corrected chi connectivity index (χ2v) is 5.49. The molecule has 0 aliphatic heterocycles. The van der Waals surface area contributed by atoms with E-state index < -0.39 is 0 Å². The van der Waals surface area contributed by atoms with E-state index in [1.54, 1.807) is 0 Å². The summed E-state index contributed by atoms with van der Waals surface area (Å²) in [7, 11) is 2.01. The molecule has 3 aromatic rings. The van der Waals surface area contributed by atoms with Crippen molar-refractivity contribution in [1.29, 1.82) is 0 Å². The lowest BCUT2D eigenvalue weighted by atomic mass is 9.91. The predicted octanol–water partition coefficient (Wildman–Crippen LogP) is 4.16. The lowest BCUT2D eigenvalue weighted by molar-refractivity contribution is 0.681. The molecule has 1 N–H and O–H groups in total. The molecule has 0 aliphatic carbocycles. The highest BCUT2D eigenvalue weighted by Gasteiger charge is 2.17. The van der Waals surface area contributed by atoms with Crippen molar-refractivity contribution in [1.82, 2.24) is 10.3 Å². The molecule has 2 heteroatoms. The zero-order valence-corrected chi connectivity index (χ0v) is 12.7. The molecule has 0 saturated carbocycles. The van der Waals surface area contributed by atoms with Crippen LogP contribution >= 0.6 is 0 Å². The Morgan fingerprint density at radius 3 is 2.38 bits per heavy atom. The van der Waals surface area contributed by atoms with Crippen LogP contribution < -0.4 is 5.32 Å². The molecular formula is C19H20N2. The van der Waals surface area contributed by atoms with Gasteiger partial charge >= 0.3 is 0 Å². The first-order valence-electron chi connectivity index (χ1n) is 7.29. The van der Waals surface area contributed by atoms with Crippen LogP contribution in [-0.2, 0) is 0 Å². The summed E-state index contributed by atoms with van der Waals surface area (Å²) in [6.07, 6.45) is 1.98. The average Bonchev–Trinajstić information content (AvgIpc) is 2.50. The van der Waals surface area contributed by atoms with Crippen LogP contribution in [0.15, 0.2) is 54.7 Å². The normalized spacial score (nSPS) is 12.5. The van der Waals surface area contributed by atoms with Gasteiger partial charge < -0.3 is 5.32 Å². The maximum Gasteiger partial charge on any atom is 0.0702 e. The Morgan fingerprint density at radius 2 is 1.67 bits per heavy atom. The van der Waals surface area contributed by atoms with Crippen LogP contribution in [0.2, 0.25) is 0 Å². The zero-order chi connectivity index (χ0) is 14.8. The van der Waals surface area contributed by atoms with E-state index in [0.29, 0.717) is 0 Å². The molecular weight excluding hydrogens is 256 g/mol. The number of fused-ring (bicyclic) bond motifs is 1. The summed E-state index contributed by atoms with van der Waals surface area (Å²) in [4.78, 5) is 4.59. The van der Waals surface area contributed by atoms with Gasteiger partial charge in [0.25, 0.3) is 0 Å². The molecule has 1 aromatic heterocycles. The summed E-state index contributed by atoms with van der Waals surface area (Å²) in [6.45, 7) is 4.34. The molecule has 0 aliphatic rings. The lowest BCUT2D eigenvalue weighted by Gasteiger charge is -2.21. The Kier molecular flexibility index (Phi) is 3.72. The SMILES string of the molecule is CNC(c1cnc2ccccc2c1)c1c(C)cccc1C. The Balaban J connectivity index is 2.14. The standard InChI is InChI=1S/C19H20N2/c1-13-7-6-8-14(2)18(13)19(20-3)16-11-15-9-4-5-10-17(15)21-12-16/h4-12,19-20H,1-3H3. The number of hydrogen-bond acceptors (Lipinski definition) is 2. The van der Waals surface area contributed by atoms with Gasteiger partial charge in [0.15, 0.2) is 0 Å². The summed E-state index contributed by atoms with van der Waals surface area (Å²) in [5.74, 6) is 0. The summed E-state index contributed by atoms with van der Waals surface area (Å²) in [5, 5.41) is 4.62. The van der Waals surface area contributed by atoms with Crippen molar-refractivity contribution < 1.29 is 0 Å². The highest BCUT2D eigenvalue weighted by Crippen LogP contribution is 2.28. The average molecular weight is 276 g/mol. The Morgan fingerprint density at radius 1 is 0.952 bits per heavy atom. The van der Waals surface area contributed by atoms with Gasteiger partial charge in [0.2, 0.25) is 0 Å². The zero-order valence-electron chi connectivity index (χ0n) is 12.7. The number of aromatic nitrogens is 1. The van der Waals surface area contributed by atoms with Crippen LogP contribution in [0.25, 0.3) is 10.9 Å². The number of nitrogens with zero attached hydrogens (tertiary/aromatic N) is 1. The first kappa shape index (κ1) is 13.8. The minimum Gasteiger partial charge on any atom is -0.309 e. The topological polar surface area (TPSA) is 24.9 Å². The van der Waals surface area contributed by atoms with Gasteiger partial charge in [-0.2, -0.15) is 0 Å². The second-order valence-electron chi connectivity index (χ2n) is 5.49. The Labute approximate surface area is 125 Å². The smallest absolute Gasteiger partial charge is 0.0702 e. The fourth-order valence-electron chi connectivity index (χ4n) is 3.01. The number of hydrogen-bond donors (Lipinski definition) is 1. The molecule has 0 amide bonds. The monoisotopic (exact) mass is 276 g/mol. The lowest BCUT2D eigenvalue weighted by Crippen LogP contribution is -2.20. The second kappa shape index (κ2) is 5.66. The van der Waals surface area contributed by atoms with Crippen molar-refractivity contribution in [2.75, 3.05) is 7.05 Å². The van der Waals surface area contributed by atoms with Gasteiger partial charge in [-0.1, -0.05) is 36.4 Å². The van der Waals surface area contributed by atoms with Gasteiger partial charge in [-0.15, -0.1) is 0 Å². The summed E-state index contributed by atoms with van der Waals surface area (Å²) >= 11 is 0. The first-order chi connectivity index (χ1) is 10.2. The van der Waals surface area contributed by atoms with Crippen molar-refractivity contribution in [2.45, 2.75) is 19.9 Å². The van der Waals surface area contributed by atoms with Crippen LogP contribution in [0.3, 0.4) is 0 Å². The van der Waals surface area contributed by atoms with Crippen LogP contribution in [0.5, 0.6) is 0 Å². The molecule has 3 rings (SSSR count). The van der Waals surface area contributed by atoms with Gasteiger partial charge in [-0.25, -0.2) is 0 Å². The molecule has 2 nitrogen and oxygen atoms in total. The summed E-state index contributed by atoms with van der Waals surface area (Å²) in [5.41, 5.74) is 6.20. The van der Waals surface area contributed by atoms with E-state index in [-0.39, 0.29) is 6.04 Å². The molecule has 106 valence electrons. The van der Waals surface area contributed by atoms with Gasteiger partial charge in [0.1, 0.15) is 0 Å². The number of benzene rings is 2. The van der Waals surface area contributed by atoms with E-state index in [0.717, 1.165) is 5.52 Å². The van der Waals surface area contributed by atoms with Crippen LogP contribution in [0.4, 0.5) is 0 Å². The van der Waals surface area contributed by atoms with Crippen LogP contribution in [0, 0.1) is 13.8 Å². The molecule has 1 atom stereocenters. The largest absolute Gasteiger partial charge is 0.309 e. The number of pyridine rings is 1. The molecule has 21 heavy (non-hydrogen) atoms.